The summed E-state index contributed by atoms with van der Waals surface area (Å²) in [6.45, 7) is 4.65. The summed E-state index contributed by atoms with van der Waals surface area (Å²) in [5.74, 6) is -0.128. The second kappa shape index (κ2) is 6.16. The first-order valence-electron chi connectivity index (χ1n) is 3.88. The molecule has 0 bridgehead atoms. The third kappa shape index (κ3) is 4.79. The van der Waals surface area contributed by atoms with Crippen molar-refractivity contribution in [3.8, 4) is 0 Å². The van der Waals surface area contributed by atoms with E-state index >= 15 is 0 Å². The van der Waals surface area contributed by atoms with Crippen LogP contribution in [-0.2, 0) is 14.3 Å². The van der Waals surface area contributed by atoms with Crippen molar-refractivity contribution in [1.29, 1.82) is 0 Å². The third-order valence-electron chi connectivity index (χ3n) is 1.55. The molecule has 0 spiro atoms. The summed E-state index contributed by atoms with van der Waals surface area (Å²) in [5, 5.41) is 0. The van der Waals surface area contributed by atoms with E-state index in [9.17, 15) is 4.79 Å². The molecule has 0 aromatic carbocycles. The molecule has 66 valence electrons. The summed E-state index contributed by atoms with van der Waals surface area (Å²) in [5.41, 5.74) is 0. The quantitative estimate of drug-likeness (QED) is 0.448. The fourth-order valence-electron chi connectivity index (χ4n) is 0.535. The number of rotatable bonds is 5. The van der Waals surface area contributed by atoms with Crippen LogP contribution in [0.4, 0.5) is 0 Å². The molecule has 0 heterocycles. The SMILES string of the molecule is CC[C@@H](C)C(=O)OCCOC. The molecule has 0 radical (unpaired) electrons. The van der Waals surface area contributed by atoms with Crippen molar-refractivity contribution in [1.82, 2.24) is 0 Å². The van der Waals surface area contributed by atoms with E-state index in [1.165, 1.54) is 0 Å². The minimum absolute atomic E-state index is 0.00635. The normalized spacial score (nSPS) is 12.6. The molecular formula is C8H16O3. The van der Waals surface area contributed by atoms with Crippen molar-refractivity contribution < 1.29 is 14.3 Å². The minimum Gasteiger partial charge on any atom is -0.463 e. The monoisotopic (exact) mass is 160 g/mol. The largest absolute Gasteiger partial charge is 0.463 e. The highest BCUT2D eigenvalue weighted by Crippen LogP contribution is 2.02. The molecule has 11 heavy (non-hydrogen) atoms. The van der Waals surface area contributed by atoms with Crippen LogP contribution in [0.3, 0.4) is 0 Å². The summed E-state index contributed by atoms with van der Waals surface area (Å²) in [6.07, 6.45) is 0.825. The molecular weight excluding hydrogens is 144 g/mol. The molecule has 0 unspecified atom stereocenters. The summed E-state index contributed by atoms with van der Waals surface area (Å²) in [6, 6.07) is 0. The lowest BCUT2D eigenvalue weighted by molar-refractivity contribution is -0.149. The summed E-state index contributed by atoms with van der Waals surface area (Å²) >= 11 is 0. The lowest BCUT2D eigenvalue weighted by atomic mass is 10.1. The van der Waals surface area contributed by atoms with Crippen LogP contribution in [0.5, 0.6) is 0 Å². The fraction of sp³-hybridized carbons (Fsp3) is 0.875. The van der Waals surface area contributed by atoms with Gasteiger partial charge >= 0.3 is 5.97 Å². The molecule has 0 aromatic heterocycles. The highest BCUT2D eigenvalue weighted by Gasteiger charge is 2.10. The fourth-order valence-corrected chi connectivity index (χ4v) is 0.535. The van der Waals surface area contributed by atoms with Gasteiger partial charge in [0.15, 0.2) is 0 Å². The topological polar surface area (TPSA) is 35.5 Å². The van der Waals surface area contributed by atoms with Crippen LogP contribution in [0.2, 0.25) is 0 Å². The van der Waals surface area contributed by atoms with Crippen LogP contribution in [0, 0.1) is 5.92 Å². The Labute approximate surface area is 67.7 Å². The van der Waals surface area contributed by atoms with E-state index < -0.39 is 0 Å². The number of carbonyl (C=O) groups excluding carboxylic acids is 1. The first kappa shape index (κ1) is 10.4. The second-order valence-corrected chi connectivity index (χ2v) is 2.47. The van der Waals surface area contributed by atoms with Gasteiger partial charge in [0.05, 0.1) is 12.5 Å². The molecule has 3 nitrogen and oxygen atoms in total. The number of methoxy groups -OCH3 is 1. The second-order valence-electron chi connectivity index (χ2n) is 2.47. The molecule has 0 rings (SSSR count). The average Bonchev–Trinajstić information content (AvgIpc) is 2.03. The van der Waals surface area contributed by atoms with E-state index in [1.54, 1.807) is 7.11 Å². The van der Waals surface area contributed by atoms with Gasteiger partial charge in [-0.3, -0.25) is 4.79 Å². The first-order chi connectivity index (χ1) is 5.22. The van der Waals surface area contributed by atoms with Gasteiger partial charge in [0.1, 0.15) is 6.61 Å². The maximum atomic E-state index is 11.0. The zero-order chi connectivity index (χ0) is 8.69. The van der Waals surface area contributed by atoms with E-state index in [-0.39, 0.29) is 11.9 Å². The van der Waals surface area contributed by atoms with E-state index in [2.05, 4.69) is 0 Å². The molecule has 0 aliphatic rings. The van der Waals surface area contributed by atoms with Crippen molar-refractivity contribution in [3.05, 3.63) is 0 Å². The highest BCUT2D eigenvalue weighted by atomic mass is 16.6. The maximum absolute atomic E-state index is 11.0. The van der Waals surface area contributed by atoms with Gasteiger partial charge in [-0.05, 0) is 6.42 Å². The van der Waals surface area contributed by atoms with Crippen LogP contribution in [-0.4, -0.2) is 26.3 Å². The molecule has 0 saturated heterocycles. The maximum Gasteiger partial charge on any atom is 0.308 e. The Hall–Kier alpha value is -0.570. The van der Waals surface area contributed by atoms with Crippen LogP contribution < -0.4 is 0 Å². The van der Waals surface area contributed by atoms with Gasteiger partial charge in [0.25, 0.3) is 0 Å². The zero-order valence-electron chi connectivity index (χ0n) is 7.42. The van der Waals surface area contributed by atoms with Gasteiger partial charge in [0, 0.05) is 7.11 Å². The lowest BCUT2D eigenvalue weighted by Gasteiger charge is -2.07. The molecule has 3 heteroatoms. The molecule has 0 N–H and O–H groups in total. The van der Waals surface area contributed by atoms with Crippen molar-refractivity contribution in [2.45, 2.75) is 20.3 Å². The number of hydrogen-bond acceptors (Lipinski definition) is 3. The smallest absolute Gasteiger partial charge is 0.308 e. The third-order valence-corrected chi connectivity index (χ3v) is 1.55. The highest BCUT2D eigenvalue weighted by molar-refractivity contribution is 5.71. The molecule has 0 fully saturated rings. The van der Waals surface area contributed by atoms with Crippen molar-refractivity contribution in [2.24, 2.45) is 5.92 Å². The van der Waals surface area contributed by atoms with Crippen LogP contribution >= 0.6 is 0 Å². The van der Waals surface area contributed by atoms with E-state index in [1.807, 2.05) is 13.8 Å². The molecule has 0 aromatic rings. The Bertz CT molecular complexity index is 112. The molecule has 0 aliphatic carbocycles. The van der Waals surface area contributed by atoms with Gasteiger partial charge in [0.2, 0.25) is 0 Å². The van der Waals surface area contributed by atoms with E-state index in [0.717, 1.165) is 6.42 Å². The van der Waals surface area contributed by atoms with E-state index in [0.29, 0.717) is 13.2 Å². The Kier molecular flexibility index (Phi) is 5.84. The zero-order valence-corrected chi connectivity index (χ0v) is 7.42. The Morgan fingerprint density at radius 1 is 1.45 bits per heavy atom. The Balaban J connectivity index is 3.36. The Morgan fingerprint density at radius 2 is 2.09 bits per heavy atom. The number of carbonyl (C=O) groups is 1. The summed E-state index contributed by atoms with van der Waals surface area (Å²) < 4.78 is 9.60. The minimum atomic E-state index is -0.135. The molecule has 0 saturated carbocycles. The van der Waals surface area contributed by atoms with Crippen molar-refractivity contribution in [3.63, 3.8) is 0 Å². The Morgan fingerprint density at radius 3 is 2.55 bits per heavy atom. The predicted octanol–water partition coefficient (Wildman–Crippen LogP) is 1.22. The standard InChI is InChI=1S/C8H16O3/c1-4-7(2)8(9)11-6-5-10-3/h7H,4-6H2,1-3H3/t7-/m1/s1. The number of esters is 1. The van der Waals surface area contributed by atoms with Crippen molar-refractivity contribution in [2.75, 3.05) is 20.3 Å². The van der Waals surface area contributed by atoms with Gasteiger partial charge in [-0.25, -0.2) is 0 Å². The van der Waals surface area contributed by atoms with Gasteiger partial charge < -0.3 is 9.47 Å². The van der Waals surface area contributed by atoms with Gasteiger partial charge in [-0.1, -0.05) is 13.8 Å². The summed E-state index contributed by atoms with van der Waals surface area (Å²) in [7, 11) is 1.58. The van der Waals surface area contributed by atoms with Crippen LogP contribution in [0.15, 0.2) is 0 Å². The molecule has 0 aliphatic heterocycles. The molecule has 1 atom stereocenters. The summed E-state index contributed by atoms with van der Waals surface area (Å²) in [4.78, 5) is 11.0. The molecule has 0 amide bonds. The van der Waals surface area contributed by atoms with Gasteiger partial charge in [-0.2, -0.15) is 0 Å². The lowest BCUT2D eigenvalue weighted by Crippen LogP contribution is -2.16. The predicted molar refractivity (Wildman–Crippen MR) is 42.3 cm³/mol. The van der Waals surface area contributed by atoms with Crippen molar-refractivity contribution >= 4 is 5.97 Å². The van der Waals surface area contributed by atoms with Crippen LogP contribution in [0.25, 0.3) is 0 Å². The number of hydrogen-bond donors (Lipinski definition) is 0. The van der Waals surface area contributed by atoms with E-state index in [4.69, 9.17) is 9.47 Å². The number of ether oxygens (including phenoxy) is 2. The van der Waals surface area contributed by atoms with Crippen LogP contribution in [0.1, 0.15) is 20.3 Å². The average molecular weight is 160 g/mol. The first-order valence-corrected chi connectivity index (χ1v) is 3.88. The van der Waals surface area contributed by atoms with Gasteiger partial charge in [-0.15, -0.1) is 0 Å².